The molecule has 0 unspecified atom stereocenters. The highest BCUT2D eigenvalue weighted by molar-refractivity contribution is 5.78. The molecule has 0 atom stereocenters. The maximum atomic E-state index is 12.7. The molecule has 0 aliphatic rings. The molecular weight excluding hydrogens is 259 g/mol. The molecule has 0 spiro atoms. The van der Waals surface area contributed by atoms with E-state index in [-0.39, 0.29) is 24.9 Å². The van der Waals surface area contributed by atoms with Crippen LogP contribution in [-0.4, -0.2) is 48.7 Å². The average Bonchev–Trinajstić information content (AvgIpc) is 2.41. The van der Waals surface area contributed by atoms with E-state index in [9.17, 15) is 9.18 Å². The van der Waals surface area contributed by atoms with Gasteiger partial charge in [-0.05, 0) is 24.1 Å². The summed E-state index contributed by atoms with van der Waals surface area (Å²) in [6.45, 7) is 5.36. The van der Waals surface area contributed by atoms with Crippen molar-refractivity contribution in [3.05, 3.63) is 48.3 Å². The summed E-state index contributed by atoms with van der Waals surface area (Å²) < 4.78 is 12.7. The van der Waals surface area contributed by atoms with Crippen LogP contribution in [0.2, 0.25) is 0 Å². The van der Waals surface area contributed by atoms with Gasteiger partial charge in [0, 0.05) is 19.6 Å². The maximum absolute atomic E-state index is 12.7. The fourth-order valence-electron chi connectivity index (χ4n) is 1.82. The zero-order valence-electron chi connectivity index (χ0n) is 11.5. The van der Waals surface area contributed by atoms with Crippen molar-refractivity contribution in [2.24, 2.45) is 0 Å². The first kappa shape index (κ1) is 16.3. The Balaban J connectivity index is 2.28. The Labute approximate surface area is 118 Å². The zero-order valence-corrected chi connectivity index (χ0v) is 11.5. The number of benzene rings is 1. The molecule has 1 aromatic rings. The number of carbonyl (C=O) groups excluding carboxylic acids is 1. The lowest BCUT2D eigenvalue weighted by atomic mass is 10.1. The summed E-state index contributed by atoms with van der Waals surface area (Å²) in [6.07, 6.45) is 2.36. The number of amides is 1. The predicted molar refractivity (Wildman–Crippen MR) is 76.8 cm³/mol. The zero-order chi connectivity index (χ0) is 14.8. The van der Waals surface area contributed by atoms with Crippen molar-refractivity contribution in [3.63, 3.8) is 0 Å². The number of aliphatic hydroxyl groups excluding tert-OH is 1. The second-order valence-electron chi connectivity index (χ2n) is 4.47. The molecule has 0 bridgehead atoms. The average molecular weight is 280 g/mol. The van der Waals surface area contributed by atoms with Gasteiger partial charge in [0.2, 0.25) is 5.91 Å². The van der Waals surface area contributed by atoms with Gasteiger partial charge in [0.15, 0.2) is 0 Å². The second-order valence-corrected chi connectivity index (χ2v) is 4.47. The van der Waals surface area contributed by atoms with Crippen molar-refractivity contribution >= 4 is 5.91 Å². The Morgan fingerprint density at radius 2 is 2.10 bits per heavy atom. The van der Waals surface area contributed by atoms with E-state index in [2.05, 4.69) is 11.9 Å². The molecule has 0 radical (unpaired) electrons. The number of rotatable bonds is 9. The maximum Gasteiger partial charge on any atom is 0.234 e. The summed E-state index contributed by atoms with van der Waals surface area (Å²) in [5.41, 5.74) is 0.977. The second kappa shape index (κ2) is 9.23. The number of halogens is 1. The molecule has 0 aromatic heterocycles. The third kappa shape index (κ3) is 6.45. The van der Waals surface area contributed by atoms with Crippen LogP contribution in [0, 0.1) is 5.82 Å². The van der Waals surface area contributed by atoms with Crippen molar-refractivity contribution in [1.82, 2.24) is 10.2 Å². The number of hydrogen-bond acceptors (Lipinski definition) is 3. The van der Waals surface area contributed by atoms with Crippen LogP contribution in [-0.2, 0) is 11.2 Å². The first-order chi connectivity index (χ1) is 9.65. The summed E-state index contributed by atoms with van der Waals surface area (Å²) in [5.74, 6) is -0.357. The summed E-state index contributed by atoms with van der Waals surface area (Å²) in [6, 6.07) is 6.23. The molecule has 20 heavy (non-hydrogen) atoms. The van der Waals surface area contributed by atoms with Crippen LogP contribution in [0.5, 0.6) is 0 Å². The molecular formula is C15H21FN2O2. The van der Waals surface area contributed by atoms with Gasteiger partial charge in [-0.3, -0.25) is 9.69 Å². The fraction of sp³-hybridized carbons (Fsp3) is 0.400. The van der Waals surface area contributed by atoms with Crippen molar-refractivity contribution < 1.29 is 14.3 Å². The first-order valence-corrected chi connectivity index (χ1v) is 6.61. The van der Waals surface area contributed by atoms with Crippen LogP contribution < -0.4 is 5.32 Å². The molecule has 1 aromatic carbocycles. The summed E-state index contributed by atoms with van der Waals surface area (Å²) >= 11 is 0. The third-order valence-electron chi connectivity index (χ3n) is 2.82. The van der Waals surface area contributed by atoms with E-state index >= 15 is 0 Å². The Bertz CT molecular complexity index is 420. The smallest absolute Gasteiger partial charge is 0.234 e. The highest BCUT2D eigenvalue weighted by Gasteiger charge is 2.08. The minimum atomic E-state index is -0.262. The van der Waals surface area contributed by atoms with Crippen LogP contribution in [0.25, 0.3) is 0 Å². The highest BCUT2D eigenvalue weighted by atomic mass is 19.1. The molecule has 0 saturated heterocycles. The van der Waals surface area contributed by atoms with E-state index in [1.165, 1.54) is 12.1 Å². The third-order valence-corrected chi connectivity index (χ3v) is 2.82. The van der Waals surface area contributed by atoms with E-state index < -0.39 is 0 Å². The molecule has 0 aliphatic carbocycles. The van der Waals surface area contributed by atoms with E-state index in [1.54, 1.807) is 23.1 Å². The number of hydrogen-bond donors (Lipinski definition) is 2. The molecule has 0 saturated carbocycles. The monoisotopic (exact) mass is 280 g/mol. The minimum absolute atomic E-state index is 0.0106. The van der Waals surface area contributed by atoms with E-state index in [0.717, 1.165) is 5.56 Å². The Morgan fingerprint density at radius 1 is 1.40 bits per heavy atom. The molecule has 0 fully saturated rings. The van der Waals surface area contributed by atoms with Crippen molar-refractivity contribution in [1.29, 1.82) is 0 Å². The largest absolute Gasteiger partial charge is 0.395 e. The van der Waals surface area contributed by atoms with Gasteiger partial charge in [-0.2, -0.15) is 0 Å². The van der Waals surface area contributed by atoms with Gasteiger partial charge >= 0.3 is 0 Å². The van der Waals surface area contributed by atoms with Gasteiger partial charge in [-0.15, -0.1) is 6.58 Å². The van der Waals surface area contributed by atoms with Crippen LogP contribution >= 0.6 is 0 Å². The SMILES string of the molecule is C=CCN(CCO)CC(=O)NCCc1ccc(F)cc1. The quantitative estimate of drug-likeness (QED) is 0.663. The molecule has 1 amide bonds. The van der Waals surface area contributed by atoms with Crippen LogP contribution in [0.3, 0.4) is 0 Å². The van der Waals surface area contributed by atoms with Gasteiger partial charge in [-0.25, -0.2) is 4.39 Å². The van der Waals surface area contributed by atoms with Gasteiger partial charge < -0.3 is 10.4 Å². The van der Waals surface area contributed by atoms with E-state index in [0.29, 0.717) is 26.1 Å². The van der Waals surface area contributed by atoms with Gasteiger partial charge in [-0.1, -0.05) is 18.2 Å². The highest BCUT2D eigenvalue weighted by Crippen LogP contribution is 2.02. The molecule has 2 N–H and O–H groups in total. The molecule has 0 heterocycles. The van der Waals surface area contributed by atoms with Crippen LogP contribution in [0.15, 0.2) is 36.9 Å². The van der Waals surface area contributed by atoms with Gasteiger partial charge in [0.25, 0.3) is 0 Å². The standard InChI is InChI=1S/C15H21FN2O2/c1-2-9-18(10-11-19)12-15(20)17-8-7-13-3-5-14(16)6-4-13/h2-6,19H,1,7-12H2,(H,17,20). The predicted octanol–water partition coefficient (Wildman–Crippen LogP) is 0.965. The summed E-state index contributed by atoms with van der Waals surface area (Å²) in [5, 5.41) is 11.7. The van der Waals surface area contributed by atoms with Gasteiger partial charge in [0.1, 0.15) is 5.82 Å². The lowest BCUT2D eigenvalue weighted by Gasteiger charge is -2.18. The summed E-state index contributed by atoms with van der Waals surface area (Å²) in [4.78, 5) is 13.5. The Morgan fingerprint density at radius 3 is 2.70 bits per heavy atom. The van der Waals surface area contributed by atoms with Crippen molar-refractivity contribution in [3.8, 4) is 0 Å². The fourth-order valence-corrected chi connectivity index (χ4v) is 1.82. The minimum Gasteiger partial charge on any atom is -0.395 e. The molecule has 110 valence electrons. The normalized spacial score (nSPS) is 10.6. The summed E-state index contributed by atoms with van der Waals surface area (Å²) in [7, 11) is 0. The molecule has 1 rings (SSSR count). The van der Waals surface area contributed by atoms with Gasteiger partial charge in [0.05, 0.1) is 13.2 Å². The number of nitrogens with zero attached hydrogens (tertiary/aromatic N) is 1. The topological polar surface area (TPSA) is 52.6 Å². The Hall–Kier alpha value is -1.72. The van der Waals surface area contributed by atoms with E-state index in [1.807, 2.05) is 0 Å². The number of nitrogens with one attached hydrogen (secondary N) is 1. The molecule has 5 heteroatoms. The van der Waals surface area contributed by atoms with Crippen LogP contribution in [0.4, 0.5) is 4.39 Å². The lowest BCUT2D eigenvalue weighted by molar-refractivity contribution is -0.122. The molecule has 0 aliphatic heterocycles. The molecule has 4 nitrogen and oxygen atoms in total. The van der Waals surface area contributed by atoms with E-state index in [4.69, 9.17) is 5.11 Å². The number of carbonyl (C=O) groups is 1. The Kier molecular flexibility index (Phi) is 7.54. The number of aliphatic hydroxyl groups is 1. The lowest BCUT2D eigenvalue weighted by Crippen LogP contribution is -2.39. The van der Waals surface area contributed by atoms with Crippen LogP contribution in [0.1, 0.15) is 5.56 Å². The van der Waals surface area contributed by atoms with Crippen molar-refractivity contribution in [2.45, 2.75) is 6.42 Å². The van der Waals surface area contributed by atoms with Crippen molar-refractivity contribution in [2.75, 3.05) is 32.8 Å². The first-order valence-electron chi connectivity index (χ1n) is 6.61.